The van der Waals surface area contributed by atoms with Gasteiger partial charge in [0.15, 0.2) is 5.84 Å². The van der Waals surface area contributed by atoms with Crippen molar-refractivity contribution in [2.75, 3.05) is 25.0 Å². The average molecular weight is 450 g/mol. The Kier molecular flexibility index (Phi) is 5.93. The predicted molar refractivity (Wildman–Crippen MR) is 130 cm³/mol. The molecule has 1 atom stereocenters. The molecule has 2 aliphatic heterocycles. The topological polar surface area (TPSA) is 52.6 Å². The Labute approximate surface area is 192 Å². The molecule has 1 saturated heterocycles. The molecule has 1 fully saturated rings. The minimum absolute atomic E-state index is 0.170. The first-order chi connectivity index (χ1) is 15.6. The summed E-state index contributed by atoms with van der Waals surface area (Å²) in [6, 6.07) is 15.4. The van der Waals surface area contributed by atoms with Crippen LogP contribution >= 0.6 is 11.3 Å². The molecule has 32 heavy (non-hydrogen) atoms. The Morgan fingerprint density at radius 2 is 2.06 bits per heavy atom. The fourth-order valence-electron chi connectivity index (χ4n) is 4.25. The molecule has 0 spiro atoms. The number of aryl methyl sites for hydroxylation is 1. The fourth-order valence-corrected chi connectivity index (χ4v) is 5.23. The van der Waals surface area contributed by atoms with Crippen LogP contribution in [0.15, 0.2) is 53.5 Å². The average Bonchev–Trinajstić information content (AvgIpc) is 3.14. The number of amidine groups is 1. The van der Waals surface area contributed by atoms with Gasteiger partial charge >= 0.3 is 0 Å². The lowest BCUT2D eigenvalue weighted by Crippen LogP contribution is -2.53. The van der Waals surface area contributed by atoms with Gasteiger partial charge in [0.1, 0.15) is 16.5 Å². The lowest BCUT2D eigenvalue weighted by atomic mass is 10.0. The number of rotatable bonds is 4. The highest BCUT2D eigenvalue weighted by Crippen LogP contribution is 2.39. The Hall–Kier alpha value is -2.77. The van der Waals surface area contributed by atoms with Gasteiger partial charge in [-0.05, 0) is 42.7 Å². The van der Waals surface area contributed by atoms with Crippen molar-refractivity contribution < 1.29 is 4.39 Å². The third-order valence-electron chi connectivity index (χ3n) is 5.95. The Morgan fingerprint density at radius 3 is 2.91 bits per heavy atom. The van der Waals surface area contributed by atoms with Crippen LogP contribution in [-0.2, 0) is 6.42 Å². The van der Waals surface area contributed by atoms with Crippen LogP contribution in [0.1, 0.15) is 42.5 Å². The number of halogens is 1. The highest BCUT2D eigenvalue weighted by atomic mass is 32.1. The zero-order valence-corrected chi connectivity index (χ0v) is 19.3. The lowest BCUT2D eigenvalue weighted by molar-refractivity contribution is 0.282. The van der Waals surface area contributed by atoms with E-state index in [1.807, 2.05) is 24.3 Å². The van der Waals surface area contributed by atoms with Crippen molar-refractivity contribution in [3.63, 3.8) is 0 Å². The van der Waals surface area contributed by atoms with Gasteiger partial charge in [0.25, 0.3) is 0 Å². The number of fused-ring (bicyclic) bond motifs is 2. The molecule has 166 valence electrons. The maximum atomic E-state index is 13.5. The molecule has 0 amide bonds. The summed E-state index contributed by atoms with van der Waals surface area (Å²) in [5, 5.41) is 9.39. The summed E-state index contributed by atoms with van der Waals surface area (Å²) in [6.07, 6.45) is 1.79. The second kappa shape index (κ2) is 9.00. The Morgan fingerprint density at radius 1 is 1.19 bits per heavy atom. The number of aromatic nitrogens is 1. The molecular weight excluding hydrogens is 421 g/mol. The summed E-state index contributed by atoms with van der Waals surface area (Å²) < 4.78 is 13.5. The standard InChI is InChI=1S/C25H28FN5S/c1-16(2)24-30-22-23(28-20-8-3-4-9-21(20)29-25(22)32-24)31-13-12-27-19(15-31)11-10-17-6-5-7-18(26)14-17/h3-9,14,16,19,27,29H,10-13,15H2,1-2H3. The van der Waals surface area contributed by atoms with E-state index in [1.165, 1.54) is 6.07 Å². The number of hydrogen-bond acceptors (Lipinski definition) is 6. The zero-order chi connectivity index (χ0) is 22.1. The van der Waals surface area contributed by atoms with Crippen molar-refractivity contribution >= 4 is 33.5 Å². The molecule has 0 saturated carbocycles. The van der Waals surface area contributed by atoms with Crippen LogP contribution < -0.4 is 10.6 Å². The van der Waals surface area contributed by atoms with Crippen LogP contribution in [0.4, 0.5) is 20.8 Å². The number of anilines is 2. The molecule has 2 aliphatic rings. The van der Waals surface area contributed by atoms with Gasteiger partial charge in [0.2, 0.25) is 0 Å². The van der Waals surface area contributed by atoms with Gasteiger partial charge in [-0.1, -0.05) is 38.1 Å². The van der Waals surface area contributed by atoms with E-state index in [9.17, 15) is 4.39 Å². The molecular formula is C25H28FN5S. The summed E-state index contributed by atoms with van der Waals surface area (Å²) in [6.45, 7) is 6.97. The van der Waals surface area contributed by atoms with Crippen molar-refractivity contribution in [1.82, 2.24) is 15.2 Å². The molecule has 7 heteroatoms. The number of benzene rings is 2. The van der Waals surface area contributed by atoms with Crippen molar-refractivity contribution in [3.05, 3.63) is 70.6 Å². The van der Waals surface area contributed by atoms with Gasteiger partial charge in [0, 0.05) is 31.6 Å². The van der Waals surface area contributed by atoms with Crippen molar-refractivity contribution in [2.24, 2.45) is 4.99 Å². The van der Waals surface area contributed by atoms with E-state index < -0.39 is 0 Å². The van der Waals surface area contributed by atoms with E-state index in [-0.39, 0.29) is 5.82 Å². The monoisotopic (exact) mass is 449 g/mol. The van der Waals surface area contributed by atoms with E-state index >= 15 is 0 Å². The van der Waals surface area contributed by atoms with Gasteiger partial charge in [-0.25, -0.2) is 14.4 Å². The maximum Gasteiger partial charge on any atom is 0.158 e. The molecule has 3 heterocycles. The molecule has 0 bridgehead atoms. The second-order valence-electron chi connectivity index (χ2n) is 8.73. The van der Waals surface area contributed by atoms with Crippen LogP contribution in [0.5, 0.6) is 0 Å². The maximum absolute atomic E-state index is 13.5. The highest BCUT2D eigenvalue weighted by molar-refractivity contribution is 7.16. The van der Waals surface area contributed by atoms with E-state index in [1.54, 1.807) is 23.5 Å². The van der Waals surface area contributed by atoms with Gasteiger partial charge in [-0.3, -0.25) is 0 Å². The largest absolute Gasteiger partial charge is 0.352 e. The molecule has 5 nitrogen and oxygen atoms in total. The first-order valence-corrected chi connectivity index (χ1v) is 12.1. The van der Waals surface area contributed by atoms with Crippen molar-refractivity contribution in [1.29, 1.82) is 0 Å². The van der Waals surface area contributed by atoms with E-state index in [0.717, 1.165) is 71.0 Å². The third kappa shape index (κ3) is 4.40. The Balaban J connectivity index is 1.41. The molecule has 1 aromatic heterocycles. The highest BCUT2D eigenvalue weighted by Gasteiger charge is 2.29. The SMILES string of the molecule is CC(C)c1nc2c(s1)Nc1ccccc1N=C2N1CCNC(CCc2cccc(F)c2)C1. The van der Waals surface area contributed by atoms with Gasteiger partial charge in [-0.15, -0.1) is 11.3 Å². The molecule has 5 rings (SSSR count). The molecule has 2 N–H and O–H groups in total. The smallest absolute Gasteiger partial charge is 0.158 e. The second-order valence-corrected chi connectivity index (χ2v) is 9.76. The quantitative estimate of drug-likeness (QED) is 0.556. The summed E-state index contributed by atoms with van der Waals surface area (Å²) in [5.74, 6) is 1.14. The van der Waals surface area contributed by atoms with E-state index in [2.05, 4.69) is 35.4 Å². The van der Waals surface area contributed by atoms with Crippen LogP contribution in [-0.4, -0.2) is 41.4 Å². The van der Waals surface area contributed by atoms with Crippen LogP contribution in [0.2, 0.25) is 0 Å². The molecule has 0 aliphatic carbocycles. The third-order valence-corrected chi connectivity index (χ3v) is 7.22. The number of thiazole rings is 1. The molecule has 1 unspecified atom stereocenters. The number of hydrogen-bond donors (Lipinski definition) is 2. The summed E-state index contributed by atoms with van der Waals surface area (Å²) in [5.41, 5.74) is 3.94. The van der Waals surface area contributed by atoms with E-state index in [0.29, 0.717) is 12.0 Å². The summed E-state index contributed by atoms with van der Waals surface area (Å²) in [4.78, 5) is 12.4. The van der Waals surface area contributed by atoms with Gasteiger partial charge in [0.05, 0.1) is 16.4 Å². The normalized spacial score (nSPS) is 17.9. The number of nitrogens with one attached hydrogen (secondary N) is 2. The Bertz CT molecular complexity index is 1140. The first kappa shape index (κ1) is 21.1. The van der Waals surface area contributed by atoms with Gasteiger partial charge < -0.3 is 15.5 Å². The van der Waals surface area contributed by atoms with Crippen LogP contribution in [0, 0.1) is 5.82 Å². The fraction of sp³-hybridized carbons (Fsp3) is 0.360. The van der Waals surface area contributed by atoms with Crippen molar-refractivity contribution in [2.45, 2.75) is 38.6 Å². The van der Waals surface area contributed by atoms with Crippen molar-refractivity contribution in [3.8, 4) is 0 Å². The number of piperazine rings is 1. The minimum atomic E-state index is -0.170. The first-order valence-electron chi connectivity index (χ1n) is 11.3. The molecule has 0 radical (unpaired) electrons. The predicted octanol–water partition coefficient (Wildman–Crippen LogP) is 5.45. The zero-order valence-electron chi connectivity index (χ0n) is 18.4. The lowest BCUT2D eigenvalue weighted by Gasteiger charge is -2.35. The number of aliphatic imine (C=N–C) groups is 1. The van der Waals surface area contributed by atoms with Gasteiger partial charge in [-0.2, -0.15) is 0 Å². The summed E-state index contributed by atoms with van der Waals surface area (Å²) in [7, 11) is 0. The molecule has 2 aromatic carbocycles. The van der Waals surface area contributed by atoms with E-state index in [4.69, 9.17) is 9.98 Å². The number of para-hydroxylation sites is 2. The number of nitrogens with zero attached hydrogens (tertiary/aromatic N) is 3. The van der Waals surface area contributed by atoms with Crippen LogP contribution in [0.3, 0.4) is 0 Å². The minimum Gasteiger partial charge on any atom is -0.352 e. The molecule has 3 aromatic rings. The summed E-state index contributed by atoms with van der Waals surface area (Å²) >= 11 is 1.72. The van der Waals surface area contributed by atoms with Crippen LogP contribution in [0.25, 0.3) is 0 Å².